The van der Waals surface area contributed by atoms with Gasteiger partial charge < -0.3 is 15.1 Å². The molecule has 0 saturated carbocycles. The fraction of sp³-hybridized carbons (Fsp3) is 0.571. The fourth-order valence-corrected chi connectivity index (χ4v) is 3.42. The predicted octanol–water partition coefficient (Wildman–Crippen LogP) is 1.73. The van der Waals surface area contributed by atoms with E-state index in [0.717, 1.165) is 49.2 Å². The molecule has 5 nitrogen and oxygen atoms in total. The van der Waals surface area contributed by atoms with E-state index in [1.807, 2.05) is 14.1 Å². The van der Waals surface area contributed by atoms with Crippen LogP contribution in [0.25, 0.3) is 10.2 Å². The summed E-state index contributed by atoms with van der Waals surface area (Å²) in [5.74, 6) is 1.90. The number of aryl methyl sites for hydroxylation is 1. The normalized spacial score (nSPS) is 15.8. The number of hydrogen-bond acceptors (Lipinski definition) is 6. The third kappa shape index (κ3) is 2.45. The van der Waals surface area contributed by atoms with Gasteiger partial charge in [-0.25, -0.2) is 4.98 Å². The highest BCUT2D eigenvalue weighted by molar-refractivity contribution is 7.18. The number of rotatable bonds is 3. The number of thiophene rings is 1. The van der Waals surface area contributed by atoms with Crippen molar-refractivity contribution >= 4 is 33.3 Å². The van der Waals surface area contributed by atoms with Gasteiger partial charge in [-0.2, -0.15) is 4.98 Å². The summed E-state index contributed by atoms with van der Waals surface area (Å²) in [5.41, 5.74) is 0. The topological polar surface area (TPSA) is 44.3 Å². The molecule has 1 aliphatic rings. The van der Waals surface area contributed by atoms with E-state index in [-0.39, 0.29) is 0 Å². The molecule has 0 unspecified atom stereocenters. The molecule has 1 fully saturated rings. The Kier molecular flexibility index (Phi) is 3.76. The van der Waals surface area contributed by atoms with Gasteiger partial charge in [-0.1, -0.05) is 6.92 Å². The lowest BCUT2D eigenvalue weighted by Crippen LogP contribution is -2.44. The summed E-state index contributed by atoms with van der Waals surface area (Å²) in [4.78, 5) is 16.4. The van der Waals surface area contributed by atoms with Crippen molar-refractivity contribution < 1.29 is 0 Å². The van der Waals surface area contributed by atoms with Crippen molar-refractivity contribution in [2.24, 2.45) is 0 Å². The van der Waals surface area contributed by atoms with Crippen molar-refractivity contribution in [3.8, 4) is 0 Å². The van der Waals surface area contributed by atoms with Crippen LogP contribution in [0.2, 0.25) is 0 Å². The van der Waals surface area contributed by atoms with Crippen molar-refractivity contribution in [1.82, 2.24) is 15.3 Å². The second-order valence-corrected chi connectivity index (χ2v) is 6.38. The van der Waals surface area contributed by atoms with Crippen LogP contribution in [0.4, 0.5) is 11.8 Å². The average Bonchev–Trinajstić information content (AvgIpc) is 2.89. The predicted molar refractivity (Wildman–Crippen MR) is 86.2 cm³/mol. The molecule has 3 heterocycles. The summed E-state index contributed by atoms with van der Waals surface area (Å²) in [6.07, 6.45) is 1.05. The van der Waals surface area contributed by atoms with E-state index in [9.17, 15) is 0 Å². The van der Waals surface area contributed by atoms with E-state index in [1.54, 1.807) is 11.3 Å². The molecule has 2 aromatic heterocycles. The van der Waals surface area contributed by atoms with Crippen molar-refractivity contribution in [3.63, 3.8) is 0 Å². The average molecular weight is 291 g/mol. The molecular formula is C14H21N5S. The highest BCUT2D eigenvalue weighted by atomic mass is 32.1. The van der Waals surface area contributed by atoms with Crippen molar-refractivity contribution in [1.29, 1.82) is 0 Å². The van der Waals surface area contributed by atoms with Crippen molar-refractivity contribution in [2.75, 3.05) is 50.1 Å². The second kappa shape index (κ2) is 5.54. The minimum Gasteiger partial charge on any atom is -0.362 e. The molecule has 1 aliphatic heterocycles. The van der Waals surface area contributed by atoms with E-state index in [2.05, 4.69) is 28.1 Å². The smallest absolute Gasteiger partial charge is 0.228 e. The van der Waals surface area contributed by atoms with Crippen molar-refractivity contribution in [2.45, 2.75) is 13.3 Å². The van der Waals surface area contributed by atoms with Crippen LogP contribution in [0.3, 0.4) is 0 Å². The molecule has 0 bridgehead atoms. The molecule has 6 heteroatoms. The molecule has 2 aromatic rings. The van der Waals surface area contributed by atoms with Crippen LogP contribution < -0.4 is 15.1 Å². The third-order valence-corrected chi connectivity index (χ3v) is 4.76. The van der Waals surface area contributed by atoms with Gasteiger partial charge in [-0.3, -0.25) is 0 Å². The Morgan fingerprint density at radius 1 is 1.30 bits per heavy atom. The lowest BCUT2D eigenvalue weighted by molar-refractivity contribution is 0.580. The molecule has 0 spiro atoms. The first-order chi connectivity index (χ1) is 9.69. The zero-order valence-corrected chi connectivity index (χ0v) is 13.1. The molecule has 0 aliphatic carbocycles. The van der Waals surface area contributed by atoms with Gasteiger partial charge in [0.15, 0.2) is 0 Å². The van der Waals surface area contributed by atoms with Gasteiger partial charge in [0.1, 0.15) is 10.6 Å². The molecule has 20 heavy (non-hydrogen) atoms. The molecule has 3 rings (SSSR count). The second-order valence-electron chi connectivity index (χ2n) is 5.26. The van der Waals surface area contributed by atoms with E-state index < -0.39 is 0 Å². The van der Waals surface area contributed by atoms with Crippen LogP contribution >= 0.6 is 11.3 Å². The number of hydrogen-bond donors (Lipinski definition) is 1. The SMILES string of the molecule is CCc1cc2c(N(C)C)nc(N3CCNCC3)nc2s1. The molecule has 0 atom stereocenters. The molecule has 0 radical (unpaired) electrons. The maximum atomic E-state index is 4.79. The van der Waals surface area contributed by atoms with Gasteiger partial charge in [-0.15, -0.1) is 11.3 Å². The van der Waals surface area contributed by atoms with Gasteiger partial charge in [0.25, 0.3) is 0 Å². The minimum atomic E-state index is 0.868. The van der Waals surface area contributed by atoms with Crippen LogP contribution in [0, 0.1) is 0 Å². The molecule has 108 valence electrons. The number of piperazine rings is 1. The van der Waals surface area contributed by atoms with Gasteiger partial charge in [0.05, 0.1) is 5.39 Å². The third-order valence-electron chi connectivity index (χ3n) is 3.58. The highest BCUT2D eigenvalue weighted by Gasteiger charge is 2.18. The summed E-state index contributed by atoms with van der Waals surface area (Å²) in [6.45, 7) is 6.14. The molecule has 0 aromatic carbocycles. The quantitative estimate of drug-likeness (QED) is 0.933. The van der Waals surface area contributed by atoms with E-state index >= 15 is 0 Å². The standard InChI is InChI=1S/C14H21N5S/c1-4-10-9-11-12(18(2)3)16-14(17-13(11)20-10)19-7-5-15-6-8-19/h9,15H,4-8H2,1-3H3. The minimum absolute atomic E-state index is 0.868. The molecular weight excluding hydrogens is 270 g/mol. The van der Waals surface area contributed by atoms with E-state index in [0.29, 0.717) is 0 Å². The lowest BCUT2D eigenvalue weighted by Gasteiger charge is -2.28. The fourth-order valence-electron chi connectivity index (χ4n) is 2.47. The summed E-state index contributed by atoms with van der Waals surface area (Å²) in [7, 11) is 4.10. The summed E-state index contributed by atoms with van der Waals surface area (Å²) < 4.78 is 0. The first-order valence-electron chi connectivity index (χ1n) is 7.12. The maximum Gasteiger partial charge on any atom is 0.228 e. The highest BCUT2D eigenvalue weighted by Crippen LogP contribution is 2.32. The van der Waals surface area contributed by atoms with Crippen molar-refractivity contribution in [3.05, 3.63) is 10.9 Å². The monoisotopic (exact) mass is 291 g/mol. The van der Waals surface area contributed by atoms with Gasteiger partial charge in [0.2, 0.25) is 5.95 Å². The van der Waals surface area contributed by atoms with Crippen LogP contribution in [-0.2, 0) is 6.42 Å². The first-order valence-corrected chi connectivity index (χ1v) is 7.94. The van der Waals surface area contributed by atoms with E-state index in [1.165, 1.54) is 10.3 Å². The number of aromatic nitrogens is 2. The Hall–Kier alpha value is -1.40. The van der Waals surface area contributed by atoms with Crippen LogP contribution in [0.15, 0.2) is 6.07 Å². The zero-order chi connectivity index (χ0) is 14.1. The number of nitrogens with zero attached hydrogens (tertiary/aromatic N) is 4. The Labute approximate surface area is 123 Å². The summed E-state index contributed by atoms with van der Waals surface area (Å²) >= 11 is 1.79. The van der Waals surface area contributed by atoms with Gasteiger partial charge in [-0.05, 0) is 12.5 Å². The number of anilines is 2. The van der Waals surface area contributed by atoms with Gasteiger partial charge in [0, 0.05) is 45.2 Å². The Balaban J connectivity index is 2.08. The lowest BCUT2D eigenvalue weighted by atomic mass is 10.3. The summed E-state index contributed by atoms with van der Waals surface area (Å²) in [6, 6.07) is 2.23. The van der Waals surface area contributed by atoms with Crippen LogP contribution in [0.1, 0.15) is 11.8 Å². The zero-order valence-electron chi connectivity index (χ0n) is 12.3. The largest absolute Gasteiger partial charge is 0.362 e. The Bertz CT molecular complexity index is 601. The van der Waals surface area contributed by atoms with Crippen LogP contribution in [0.5, 0.6) is 0 Å². The van der Waals surface area contributed by atoms with Crippen LogP contribution in [-0.4, -0.2) is 50.2 Å². The van der Waals surface area contributed by atoms with Gasteiger partial charge >= 0.3 is 0 Å². The Morgan fingerprint density at radius 2 is 2.05 bits per heavy atom. The van der Waals surface area contributed by atoms with E-state index in [4.69, 9.17) is 9.97 Å². The first kappa shape index (κ1) is 13.6. The number of nitrogens with one attached hydrogen (secondary N) is 1. The molecule has 1 saturated heterocycles. The Morgan fingerprint density at radius 3 is 2.70 bits per heavy atom. The molecule has 0 amide bonds. The summed E-state index contributed by atoms with van der Waals surface area (Å²) in [5, 5.41) is 4.54. The molecule has 1 N–H and O–H groups in total. The number of fused-ring (bicyclic) bond motifs is 1. The maximum absolute atomic E-state index is 4.79.